The number of aryl methyl sites for hydroxylation is 2. The van der Waals surface area contributed by atoms with Crippen LogP contribution in [0.5, 0.6) is 0 Å². The van der Waals surface area contributed by atoms with Crippen molar-refractivity contribution in [2.75, 3.05) is 23.3 Å². The van der Waals surface area contributed by atoms with Crippen LogP contribution in [0, 0.1) is 5.92 Å². The van der Waals surface area contributed by atoms with E-state index < -0.39 is 0 Å². The summed E-state index contributed by atoms with van der Waals surface area (Å²) in [5.41, 5.74) is 2.46. The molecule has 1 aliphatic heterocycles. The molecular weight excluding hydrogens is 318 g/mol. The van der Waals surface area contributed by atoms with E-state index in [2.05, 4.69) is 39.5 Å². The van der Waals surface area contributed by atoms with Gasteiger partial charge < -0.3 is 10.2 Å². The summed E-state index contributed by atoms with van der Waals surface area (Å²) >= 11 is 1.67. The Balaban J connectivity index is 1.34. The molecule has 0 bridgehead atoms. The third-order valence-electron chi connectivity index (χ3n) is 5.06. The van der Waals surface area contributed by atoms with Crippen molar-refractivity contribution in [2.45, 2.75) is 38.5 Å². The van der Waals surface area contributed by atoms with Crippen LogP contribution in [0.4, 0.5) is 10.8 Å². The van der Waals surface area contributed by atoms with Crippen molar-refractivity contribution >= 4 is 28.1 Å². The average Bonchev–Trinajstić information content (AvgIpc) is 3.05. The van der Waals surface area contributed by atoms with Gasteiger partial charge in [0.15, 0.2) is 5.13 Å². The Morgan fingerprint density at radius 1 is 1.12 bits per heavy atom. The molecule has 1 aromatic carbocycles. The molecule has 0 spiro atoms. The van der Waals surface area contributed by atoms with E-state index >= 15 is 0 Å². The highest BCUT2D eigenvalue weighted by molar-refractivity contribution is 7.15. The summed E-state index contributed by atoms with van der Waals surface area (Å²) in [4.78, 5) is 20.9. The molecule has 4 nitrogen and oxygen atoms in total. The first-order chi connectivity index (χ1) is 11.8. The minimum Gasteiger partial charge on any atom is -0.371 e. The van der Waals surface area contributed by atoms with Gasteiger partial charge in [-0.25, -0.2) is 4.98 Å². The van der Waals surface area contributed by atoms with E-state index in [9.17, 15) is 4.79 Å². The first kappa shape index (κ1) is 15.6. The molecule has 24 heavy (non-hydrogen) atoms. The van der Waals surface area contributed by atoms with E-state index in [4.69, 9.17) is 0 Å². The highest BCUT2D eigenvalue weighted by Gasteiger charge is 2.26. The molecule has 2 aliphatic rings. The summed E-state index contributed by atoms with van der Waals surface area (Å²) in [6, 6.07) is 10.5. The molecule has 0 atom stereocenters. The van der Waals surface area contributed by atoms with Crippen molar-refractivity contribution in [2.24, 2.45) is 5.92 Å². The monoisotopic (exact) mass is 341 g/mol. The predicted octanol–water partition coefficient (Wildman–Crippen LogP) is 3.88. The fourth-order valence-corrected chi connectivity index (χ4v) is 4.70. The zero-order chi connectivity index (χ0) is 16.4. The summed E-state index contributed by atoms with van der Waals surface area (Å²) in [5.74, 6) is 0.250. The molecule has 0 radical (unpaired) electrons. The molecular formula is C19H23N3OS. The maximum atomic E-state index is 12.6. The Hall–Kier alpha value is -1.88. The quantitative estimate of drug-likeness (QED) is 0.921. The van der Waals surface area contributed by atoms with Gasteiger partial charge in [-0.15, -0.1) is 11.3 Å². The van der Waals surface area contributed by atoms with E-state index in [1.165, 1.54) is 29.1 Å². The summed E-state index contributed by atoms with van der Waals surface area (Å²) < 4.78 is 0. The van der Waals surface area contributed by atoms with Gasteiger partial charge in [0.2, 0.25) is 5.91 Å². The fourth-order valence-electron chi connectivity index (χ4n) is 3.65. The molecule has 1 fully saturated rings. The molecule has 0 saturated carbocycles. The smallest absolute Gasteiger partial charge is 0.229 e. The summed E-state index contributed by atoms with van der Waals surface area (Å²) in [7, 11) is 0. The number of aromatic nitrogens is 1. The van der Waals surface area contributed by atoms with Crippen LogP contribution >= 0.6 is 11.3 Å². The zero-order valence-electron chi connectivity index (χ0n) is 13.8. The minimum absolute atomic E-state index is 0.103. The van der Waals surface area contributed by atoms with Crippen LogP contribution in [0.25, 0.3) is 0 Å². The van der Waals surface area contributed by atoms with Crippen LogP contribution in [0.15, 0.2) is 30.3 Å². The fraction of sp³-hybridized carbons (Fsp3) is 0.474. The molecule has 2 heterocycles. The number of rotatable bonds is 3. The Bertz CT molecular complexity index is 681. The molecule has 1 aromatic heterocycles. The van der Waals surface area contributed by atoms with Gasteiger partial charge in [0.1, 0.15) is 0 Å². The molecule has 1 N–H and O–H groups in total. The number of carbonyl (C=O) groups excluding carboxylic acids is 1. The number of carbonyl (C=O) groups is 1. The number of nitrogens with zero attached hydrogens (tertiary/aromatic N) is 2. The Labute approximate surface area is 146 Å². The molecule has 4 rings (SSSR count). The van der Waals surface area contributed by atoms with Crippen LogP contribution in [0.2, 0.25) is 0 Å². The van der Waals surface area contributed by atoms with E-state index in [1.807, 2.05) is 6.07 Å². The summed E-state index contributed by atoms with van der Waals surface area (Å²) in [5, 5.41) is 3.88. The van der Waals surface area contributed by atoms with Crippen molar-refractivity contribution in [3.05, 3.63) is 40.9 Å². The molecule has 1 saturated heterocycles. The van der Waals surface area contributed by atoms with Crippen molar-refractivity contribution in [1.29, 1.82) is 0 Å². The number of hydrogen-bond donors (Lipinski definition) is 1. The van der Waals surface area contributed by atoms with Gasteiger partial charge in [-0.2, -0.15) is 0 Å². The second kappa shape index (κ2) is 6.93. The molecule has 5 heteroatoms. The number of thiazole rings is 1. The van der Waals surface area contributed by atoms with E-state index in [-0.39, 0.29) is 11.8 Å². The maximum Gasteiger partial charge on any atom is 0.229 e. The van der Waals surface area contributed by atoms with Crippen molar-refractivity contribution in [3.63, 3.8) is 0 Å². The lowest BCUT2D eigenvalue weighted by Gasteiger charge is -2.32. The van der Waals surface area contributed by atoms with Gasteiger partial charge in [0.05, 0.1) is 5.69 Å². The highest BCUT2D eigenvalue weighted by Crippen LogP contribution is 2.30. The predicted molar refractivity (Wildman–Crippen MR) is 98.8 cm³/mol. The molecule has 1 amide bonds. The molecule has 1 aliphatic carbocycles. The number of amides is 1. The lowest BCUT2D eigenvalue weighted by molar-refractivity contribution is -0.120. The standard InChI is InChI=1S/C19H23N3OS/c23-18(21-19-20-16-8-4-5-9-17(16)24-19)14-10-12-22(13-11-14)15-6-2-1-3-7-15/h1-3,6-7,14H,4-5,8-13H2,(H,20,21,23). The summed E-state index contributed by atoms with van der Waals surface area (Å²) in [6.45, 7) is 1.88. The van der Waals surface area contributed by atoms with E-state index in [0.717, 1.165) is 43.9 Å². The van der Waals surface area contributed by atoms with Crippen LogP contribution in [0.3, 0.4) is 0 Å². The summed E-state index contributed by atoms with van der Waals surface area (Å²) in [6.07, 6.45) is 6.48. The number of para-hydroxylation sites is 1. The first-order valence-electron chi connectivity index (χ1n) is 8.89. The Morgan fingerprint density at radius 3 is 2.62 bits per heavy atom. The zero-order valence-corrected chi connectivity index (χ0v) is 14.6. The SMILES string of the molecule is O=C(Nc1nc2c(s1)CCCC2)C1CCN(c2ccccc2)CC1. The molecule has 0 unspecified atom stereocenters. The van der Waals surface area contributed by atoms with Crippen LogP contribution < -0.4 is 10.2 Å². The third kappa shape index (κ3) is 3.31. The van der Waals surface area contributed by atoms with Gasteiger partial charge in [-0.05, 0) is 50.7 Å². The van der Waals surface area contributed by atoms with Gasteiger partial charge in [0.25, 0.3) is 0 Å². The van der Waals surface area contributed by atoms with E-state index in [1.54, 1.807) is 11.3 Å². The molecule has 126 valence electrons. The van der Waals surface area contributed by atoms with E-state index in [0.29, 0.717) is 0 Å². The largest absolute Gasteiger partial charge is 0.371 e. The van der Waals surface area contributed by atoms with Crippen molar-refractivity contribution in [1.82, 2.24) is 4.98 Å². The highest BCUT2D eigenvalue weighted by atomic mass is 32.1. The number of anilines is 2. The number of fused-ring (bicyclic) bond motifs is 1. The first-order valence-corrected chi connectivity index (χ1v) is 9.71. The normalized spacial score (nSPS) is 18.2. The third-order valence-corrected chi connectivity index (χ3v) is 6.14. The Kier molecular flexibility index (Phi) is 4.52. The number of piperidine rings is 1. The van der Waals surface area contributed by atoms with Gasteiger partial charge in [-0.1, -0.05) is 18.2 Å². The van der Waals surface area contributed by atoms with Gasteiger partial charge in [-0.3, -0.25) is 4.79 Å². The maximum absolute atomic E-state index is 12.6. The second-order valence-electron chi connectivity index (χ2n) is 6.68. The average molecular weight is 341 g/mol. The topological polar surface area (TPSA) is 45.2 Å². The van der Waals surface area contributed by atoms with Crippen molar-refractivity contribution < 1.29 is 4.79 Å². The second-order valence-corrected chi connectivity index (χ2v) is 7.77. The number of nitrogens with one attached hydrogen (secondary N) is 1. The van der Waals surface area contributed by atoms with Gasteiger partial charge in [0, 0.05) is 29.6 Å². The van der Waals surface area contributed by atoms with Crippen LogP contribution in [-0.4, -0.2) is 24.0 Å². The lowest BCUT2D eigenvalue weighted by Crippen LogP contribution is -2.38. The van der Waals surface area contributed by atoms with Crippen molar-refractivity contribution in [3.8, 4) is 0 Å². The van der Waals surface area contributed by atoms with Crippen LogP contribution in [0.1, 0.15) is 36.3 Å². The minimum atomic E-state index is 0.103. The molecule has 2 aromatic rings. The Morgan fingerprint density at radius 2 is 1.88 bits per heavy atom. The number of hydrogen-bond acceptors (Lipinski definition) is 4. The van der Waals surface area contributed by atoms with Crippen LogP contribution in [-0.2, 0) is 17.6 Å². The number of benzene rings is 1. The van der Waals surface area contributed by atoms with Gasteiger partial charge >= 0.3 is 0 Å². The lowest BCUT2D eigenvalue weighted by atomic mass is 9.95.